The van der Waals surface area contributed by atoms with Gasteiger partial charge in [0.25, 0.3) is 0 Å². The predicted molar refractivity (Wildman–Crippen MR) is 80.5 cm³/mol. The first-order valence-corrected chi connectivity index (χ1v) is 8.19. The predicted octanol–water partition coefficient (Wildman–Crippen LogP) is 1.50. The third-order valence-electron chi connectivity index (χ3n) is 5.22. The smallest absolute Gasteiger partial charge is 0.344 e. The molecule has 0 aromatic heterocycles. The monoisotopic (exact) mass is 324 g/mol. The molecule has 4 rings (SSSR count). The van der Waals surface area contributed by atoms with Crippen LogP contribution >= 0.6 is 0 Å². The van der Waals surface area contributed by atoms with Crippen molar-refractivity contribution in [2.24, 2.45) is 5.92 Å². The largest absolute Gasteiger partial charge is 0.456 e. The standard InChI is InChI=1S/C17H24O6/c1-3-13(18)21-8-14(19)23-17-7-12-5-15(20,10-17)9-16(6-12,11-17)22-4-2/h3,12,20H,1,4-11H2,2H3. The number of aliphatic hydroxyl groups is 1. The van der Waals surface area contributed by atoms with Crippen molar-refractivity contribution in [3.05, 3.63) is 12.7 Å². The van der Waals surface area contributed by atoms with E-state index in [9.17, 15) is 14.7 Å². The van der Waals surface area contributed by atoms with Crippen LogP contribution in [0.4, 0.5) is 0 Å². The Bertz CT molecular complexity index is 531. The zero-order chi connectivity index (χ0) is 16.7. The molecule has 0 aromatic rings. The minimum atomic E-state index is -0.827. The lowest BCUT2D eigenvalue weighted by molar-refractivity contribution is -0.273. The van der Waals surface area contributed by atoms with Gasteiger partial charge in [0.15, 0.2) is 6.61 Å². The van der Waals surface area contributed by atoms with Gasteiger partial charge in [0, 0.05) is 31.9 Å². The van der Waals surface area contributed by atoms with Gasteiger partial charge >= 0.3 is 11.9 Å². The first-order chi connectivity index (χ1) is 10.8. The average molecular weight is 324 g/mol. The Morgan fingerprint density at radius 3 is 2.57 bits per heavy atom. The highest BCUT2D eigenvalue weighted by Gasteiger charge is 2.65. The number of hydrogen-bond acceptors (Lipinski definition) is 6. The van der Waals surface area contributed by atoms with Crippen molar-refractivity contribution in [3.8, 4) is 0 Å². The first-order valence-electron chi connectivity index (χ1n) is 8.19. The lowest BCUT2D eigenvalue weighted by Crippen LogP contribution is -2.67. The van der Waals surface area contributed by atoms with Gasteiger partial charge in [-0.15, -0.1) is 0 Å². The van der Waals surface area contributed by atoms with Crippen LogP contribution in [0.1, 0.15) is 45.4 Å². The molecule has 4 unspecified atom stereocenters. The average Bonchev–Trinajstić information content (AvgIpc) is 2.41. The number of carbonyl (C=O) groups excluding carboxylic acids is 2. The molecule has 1 N–H and O–H groups in total. The Morgan fingerprint density at radius 1 is 1.22 bits per heavy atom. The van der Waals surface area contributed by atoms with Crippen LogP contribution in [0.5, 0.6) is 0 Å². The summed E-state index contributed by atoms with van der Waals surface area (Å²) in [7, 11) is 0. The highest BCUT2D eigenvalue weighted by molar-refractivity contribution is 5.83. The Morgan fingerprint density at radius 2 is 1.91 bits per heavy atom. The summed E-state index contributed by atoms with van der Waals surface area (Å²) in [5.41, 5.74) is -1.94. The minimum absolute atomic E-state index is 0.298. The summed E-state index contributed by atoms with van der Waals surface area (Å²) in [5, 5.41) is 10.9. The third-order valence-corrected chi connectivity index (χ3v) is 5.22. The summed E-state index contributed by atoms with van der Waals surface area (Å²) in [6.07, 6.45) is 5.05. The zero-order valence-corrected chi connectivity index (χ0v) is 13.5. The van der Waals surface area contributed by atoms with Crippen LogP contribution in [0, 0.1) is 5.92 Å². The van der Waals surface area contributed by atoms with Crippen LogP contribution in [0.25, 0.3) is 0 Å². The van der Waals surface area contributed by atoms with Crippen molar-refractivity contribution in [2.45, 2.75) is 62.3 Å². The van der Waals surface area contributed by atoms with Crippen LogP contribution in [-0.2, 0) is 23.8 Å². The molecule has 128 valence electrons. The van der Waals surface area contributed by atoms with Gasteiger partial charge in [0.2, 0.25) is 0 Å². The van der Waals surface area contributed by atoms with Gasteiger partial charge in [0.1, 0.15) is 5.60 Å². The van der Waals surface area contributed by atoms with Gasteiger partial charge < -0.3 is 19.3 Å². The van der Waals surface area contributed by atoms with E-state index < -0.39 is 35.3 Å². The van der Waals surface area contributed by atoms with Crippen molar-refractivity contribution in [2.75, 3.05) is 13.2 Å². The van der Waals surface area contributed by atoms with Gasteiger partial charge in [-0.2, -0.15) is 0 Å². The second kappa shape index (κ2) is 5.60. The Labute approximate surface area is 135 Å². The fourth-order valence-electron chi connectivity index (χ4n) is 5.25. The molecule has 0 amide bonds. The van der Waals surface area contributed by atoms with E-state index >= 15 is 0 Å². The molecule has 4 atom stereocenters. The zero-order valence-electron chi connectivity index (χ0n) is 13.5. The van der Waals surface area contributed by atoms with Gasteiger partial charge in [-0.3, -0.25) is 0 Å². The second-order valence-corrected chi connectivity index (χ2v) is 7.32. The van der Waals surface area contributed by atoms with Gasteiger partial charge in [-0.05, 0) is 32.1 Å². The SMILES string of the molecule is C=CC(=O)OCC(=O)OC12CC3CC(O)(CC(OCC)(C3)C1)C2. The molecule has 4 fully saturated rings. The van der Waals surface area contributed by atoms with Crippen LogP contribution in [-0.4, -0.2) is 47.1 Å². The highest BCUT2D eigenvalue weighted by Crippen LogP contribution is 2.61. The van der Waals surface area contributed by atoms with Crippen molar-refractivity contribution < 1.29 is 28.9 Å². The maximum absolute atomic E-state index is 12.1. The molecule has 0 radical (unpaired) electrons. The van der Waals surface area contributed by atoms with E-state index in [0.717, 1.165) is 25.3 Å². The van der Waals surface area contributed by atoms with Crippen LogP contribution in [0.2, 0.25) is 0 Å². The highest BCUT2D eigenvalue weighted by atomic mass is 16.6. The lowest BCUT2D eigenvalue weighted by Gasteiger charge is -2.63. The topological polar surface area (TPSA) is 82.1 Å². The number of ether oxygens (including phenoxy) is 3. The van der Waals surface area contributed by atoms with Crippen molar-refractivity contribution in [1.82, 2.24) is 0 Å². The third kappa shape index (κ3) is 3.15. The molecular weight excluding hydrogens is 300 g/mol. The van der Waals surface area contributed by atoms with Crippen molar-refractivity contribution in [1.29, 1.82) is 0 Å². The quantitative estimate of drug-likeness (QED) is 0.589. The summed E-state index contributed by atoms with van der Waals surface area (Å²) in [6, 6.07) is 0. The molecule has 4 bridgehead atoms. The van der Waals surface area contributed by atoms with Crippen LogP contribution in [0.3, 0.4) is 0 Å². The summed E-state index contributed by atoms with van der Waals surface area (Å²) in [6.45, 7) is 5.36. The normalized spacial score (nSPS) is 40.7. The summed E-state index contributed by atoms with van der Waals surface area (Å²) in [5.74, 6) is -0.944. The molecule has 6 nitrogen and oxygen atoms in total. The number of hydrogen-bond donors (Lipinski definition) is 1. The van der Waals surface area contributed by atoms with E-state index in [-0.39, 0.29) is 0 Å². The Balaban J connectivity index is 1.72. The fraction of sp³-hybridized carbons (Fsp3) is 0.765. The minimum Gasteiger partial charge on any atom is -0.456 e. The van der Waals surface area contributed by atoms with Crippen molar-refractivity contribution in [3.63, 3.8) is 0 Å². The Hall–Kier alpha value is -1.40. The van der Waals surface area contributed by atoms with Crippen LogP contribution in [0.15, 0.2) is 12.7 Å². The lowest BCUT2D eigenvalue weighted by atomic mass is 9.50. The maximum Gasteiger partial charge on any atom is 0.344 e. The molecule has 4 aliphatic carbocycles. The molecule has 0 aromatic carbocycles. The van der Waals surface area contributed by atoms with E-state index in [1.165, 1.54) is 0 Å². The van der Waals surface area contributed by atoms with Gasteiger partial charge in [0.05, 0.1) is 11.2 Å². The number of rotatable bonds is 6. The fourth-order valence-corrected chi connectivity index (χ4v) is 5.25. The van der Waals surface area contributed by atoms with E-state index in [2.05, 4.69) is 6.58 Å². The number of esters is 2. The maximum atomic E-state index is 12.1. The van der Waals surface area contributed by atoms with E-state index in [0.29, 0.717) is 31.8 Å². The van der Waals surface area contributed by atoms with E-state index in [1.54, 1.807) is 0 Å². The van der Waals surface area contributed by atoms with Gasteiger partial charge in [-0.1, -0.05) is 6.58 Å². The Kier molecular flexibility index (Phi) is 4.01. The molecule has 6 heteroatoms. The molecule has 0 saturated heterocycles. The molecule has 0 heterocycles. The summed E-state index contributed by atoms with van der Waals surface area (Å²) < 4.78 is 16.4. The van der Waals surface area contributed by atoms with Gasteiger partial charge in [-0.25, -0.2) is 9.59 Å². The molecule has 4 aliphatic rings. The molecule has 23 heavy (non-hydrogen) atoms. The van der Waals surface area contributed by atoms with E-state index in [4.69, 9.17) is 14.2 Å². The molecule has 4 saturated carbocycles. The second-order valence-electron chi connectivity index (χ2n) is 7.32. The van der Waals surface area contributed by atoms with Crippen LogP contribution < -0.4 is 0 Å². The van der Waals surface area contributed by atoms with Crippen molar-refractivity contribution >= 4 is 11.9 Å². The summed E-state index contributed by atoms with van der Waals surface area (Å²) in [4.78, 5) is 23.1. The first kappa shape index (κ1) is 16.5. The number of carbonyl (C=O) groups is 2. The molecule has 0 aliphatic heterocycles. The molecular formula is C17H24O6. The molecule has 0 spiro atoms. The van der Waals surface area contributed by atoms with E-state index in [1.807, 2.05) is 6.92 Å². The summed E-state index contributed by atoms with van der Waals surface area (Å²) >= 11 is 0.